The summed E-state index contributed by atoms with van der Waals surface area (Å²) in [4.78, 5) is 0. The van der Waals surface area contributed by atoms with Crippen LogP contribution in [-0.2, 0) is 23.7 Å². The van der Waals surface area contributed by atoms with E-state index in [1.54, 1.807) is 24.3 Å². The van der Waals surface area contributed by atoms with Gasteiger partial charge in [-0.25, -0.2) is 0 Å². The summed E-state index contributed by atoms with van der Waals surface area (Å²) in [5.74, 6) is 12.2. The predicted octanol–water partition coefficient (Wildman–Crippen LogP) is 30.7. The van der Waals surface area contributed by atoms with Crippen LogP contribution in [-0.4, -0.2) is 74.0 Å². The Morgan fingerprint density at radius 3 is 1.01 bits per heavy atom. The number of hydrogen-bond donors (Lipinski definition) is 2. The standard InChI is InChI=1S/C23H34O2.C22H36O3.C22H36O2.C21H34O2.2C10H14O/c1-4-16(3)20-6-8-21(9-7-20)25-22(24-5-2)23-13-17-10-18(14-23)12-19(11-17)15-23;1-5-18(4)19-11-13-21(14-12-19)25-22(17(2)3)24-16-15-23-20-9-7-6-8-10-20;1-5-16-23-22(18(4)20-10-8-7-9-11-20)24-21-14-12-19(13-15-21)17(3)6-2;1-6-16(2)17-12-14-19(15-13-17)23-20(21(3,4)5)22-18-10-8-7-9-11-18;2*1-3-8(2)9-4-6-10(11)7-5-9/h6-9,16-19,22H,4-5,10-15H2,1-3H3;11-14,17-18,20,22H,5-10,15-16H2,1-4H3;12-15,17-18,20,22H,5-11,16H2,1-4H3;12-16,18,20H,6-11H2,1-5H3;2*4-8,11H,3H2,1-2H3. The molecule has 7 saturated carbocycles. The fourth-order valence-corrected chi connectivity index (χ4v) is 18.2. The van der Waals surface area contributed by atoms with Crippen molar-refractivity contribution >= 4 is 0 Å². The number of phenolic OH excluding ortho intramolecular Hbond substituents is 2. The van der Waals surface area contributed by atoms with Gasteiger partial charge >= 0.3 is 0 Å². The van der Waals surface area contributed by atoms with E-state index in [2.05, 4.69) is 236 Å². The first-order valence-corrected chi connectivity index (χ1v) is 48.0. The van der Waals surface area contributed by atoms with E-state index in [0.29, 0.717) is 84.3 Å². The minimum Gasteiger partial charge on any atom is -0.508 e. The van der Waals surface area contributed by atoms with Gasteiger partial charge in [0.15, 0.2) is 0 Å². The Morgan fingerprint density at radius 2 is 0.672 bits per heavy atom. The molecule has 7 aliphatic carbocycles. The van der Waals surface area contributed by atoms with E-state index in [1.807, 2.05) is 24.3 Å². The molecule has 6 aromatic rings. The summed E-state index contributed by atoms with van der Waals surface area (Å²) >= 11 is 0. The van der Waals surface area contributed by atoms with Crippen molar-refractivity contribution < 1.29 is 52.8 Å². The highest BCUT2D eigenvalue weighted by molar-refractivity contribution is 5.34. The van der Waals surface area contributed by atoms with Crippen LogP contribution in [0.5, 0.6) is 34.5 Å². The van der Waals surface area contributed by atoms with Gasteiger partial charge in [0.1, 0.15) is 34.5 Å². The fourth-order valence-electron chi connectivity index (χ4n) is 18.2. The zero-order valence-corrected chi connectivity index (χ0v) is 78.4. The van der Waals surface area contributed by atoms with E-state index >= 15 is 0 Å². The van der Waals surface area contributed by atoms with E-state index in [4.69, 9.17) is 52.8 Å². The van der Waals surface area contributed by atoms with Gasteiger partial charge in [-0.3, -0.25) is 0 Å². The van der Waals surface area contributed by atoms with Crippen molar-refractivity contribution in [2.75, 3.05) is 26.4 Å². The van der Waals surface area contributed by atoms with Crippen molar-refractivity contribution in [1.82, 2.24) is 0 Å². The van der Waals surface area contributed by atoms with Crippen LogP contribution in [0.15, 0.2) is 146 Å². The van der Waals surface area contributed by atoms with Crippen LogP contribution in [0.25, 0.3) is 0 Å². The van der Waals surface area contributed by atoms with Gasteiger partial charge in [0, 0.05) is 29.3 Å². The highest BCUT2D eigenvalue weighted by Crippen LogP contribution is 2.62. The molecule has 6 aromatic carbocycles. The van der Waals surface area contributed by atoms with Crippen LogP contribution in [0, 0.1) is 46.3 Å². The molecule has 0 aliphatic heterocycles. The summed E-state index contributed by atoms with van der Waals surface area (Å²) < 4.78 is 55.6. The molecule has 2 N–H and O–H groups in total. The smallest absolute Gasteiger partial charge is 0.205 e. The Labute approximate surface area is 726 Å². The van der Waals surface area contributed by atoms with Crippen molar-refractivity contribution in [1.29, 1.82) is 0 Å². The van der Waals surface area contributed by atoms with Crippen molar-refractivity contribution in [3.63, 3.8) is 0 Å². The molecule has 666 valence electrons. The summed E-state index contributed by atoms with van der Waals surface area (Å²) in [5, 5.41) is 18.0. The Balaban J connectivity index is 0.000000202. The minimum atomic E-state index is -0.232. The Morgan fingerprint density at radius 1 is 0.353 bits per heavy atom. The van der Waals surface area contributed by atoms with E-state index in [-0.39, 0.29) is 36.0 Å². The first kappa shape index (κ1) is 100. The molecule has 11 atom stereocenters. The average molecular weight is 1640 g/mol. The lowest BCUT2D eigenvalue weighted by atomic mass is 9.49. The van der Waals surface area contributed by atoms with E-state index in [0.717, 1.165) is 92.0 Å². The first-order valence-electron chi connectivity index (χ1n) is 48.0. The van der Waals surface area contributed by atoms with Crippen molar-refractivity contribution in [3.8, 4) is 34.5 Å². The van der Waals surface area contributed by atoms with Crippen LogP contribution in [0.3, 0.4) is 0 Å². The topological polar surface area (TPSA) is 124 Å². The van der Waals surface area contributed by atoms with Gasteiger partial charge in [-0.2, -0.15) is 0 Å². The van der Waals surface area contributed by atoms with Gasteiger partial charge in [0.2, 0.25) is 25.2 Å². The van der Waals surface area contributed by atoms with Crippen LogP contribution < -0.4 is 18.9 Å². The molecule has 0 radical (unpaired) electrons. The van der Waals surface area contributed by atoms with Gasteiger partial charge in [-0.05, 0) is 294 Å². The third-order valence-electron chi connectivity index (χ3n) is 27.0. The largest absolute Gasteiger partial charge is 0.508 e. The van der Waals surface area contributed by atoms with E-state index < -0.39 is 0 Å². The molecule has 7 aliphatic rings. The zero-order chi connectivity index (χ0) is 86.3. The Hall–Kier alpha value is -6.08. The second-order valence-corrected chi connectivity index (χ2v) is 38.1. The first-order chi connectivity index (χ1) is 57.2. The minimum absolute atomic E-state index is 0.0349. The number of rotatable bonds is 36. The highest BCUT2D eigenvalue weighted by atomic mass is 16.7. The van der Waals surface area contributed by atoms with Gasteiger partial charge in [-0.1, -0.05) is 262 Å². The van der Waals surface area contributed by atoms with Crippen molar-refractivity contribution in [2.45, 2.75) is 391 Å². The molecule has 0 heterocycles. The van der Waals surface area contributed by atoms with Crippen LogP contribution >= 0.6 is 0 Å². The Bertz CT molecular complexity index is 3480. The highest BCUT2D eigenvalue weighted by Gasteiger charge is 2.56. The number of benzene rings is 6. The molecular weight excluding hydrogens is 1470 g/mol. The lowest BCUT2D eigenvalue weighted by Gasteiger charge is -2.58. The summed E-state index contributed by atoms with van der Waals surface area (Å²) in [7, 11) is 0. The zero-order valence-electron chi connectivity index (χ0n) is 78.4. The molecule has 0 spiro atoms. The normalized spacial score (nSPS) is 21.4. The van der Waals surface area contributed by atoms with Gasteiger partial charge in [-0.15, -0.1) is 0 Å². The molecule has 4 bridgehead atoms. The van der Waals surface area contributed by atoms with Gasteiger partial charge in [0.25, 0.3) is 0 Å². The van der Waals surface area contributed by atoms with E-state index in [1.165, 1.54) is 181 Å². The van der Waals surface area contributed by atoms with Crippen molar-refractivity contribution in [3.05, 3.63) is 179 Å². The summed E-state index contributed by atoms with van der Waals surface area (Å²) in [6, 6.07) is 49.2. The summed E-state index contributed by atoms with van der Waals surface area (Å²) in [6.45, 7) is 46.8. The predicted molar refractivity (Wildman–Crippen MR) is 497 cm³/mol. The molecule has 11 unspecified atom stereocenters. The molecular formula is C108H168O11. The third-order valence-corrected chi connectivity index (χ3v) is 27.0. The maximum atomic E-state index is 9.01. The third kappa shape index (κ3) is 34.2. The van der Waals surface area contributed by atoms with Crippen LogP contribution in [0.1, 0.15) is 387 Å². The maximum absolute atomic E-state index is 9.01. The van der Waals surface area contributed by atoms with Crippen molar-refractivity contribution in [2.24, 2.45) is 46.3 Å². The summed E-state index contributed by atoms with van der Waals surface area (Å²) in [5.41, 5.74) is 8.34. The monoisotopic (exact) mass is 1640 g/mol. The molecule has 13 rings (SSSR count). The molecule has 0 saturated heterocycles. The average Bonchev–Trinajstić information content (AvgIpc) is 0.737. The fraction of sp³-hybridized carbons (Fsp3) is 0.667. The molecule has 11 nitrogen and oxygen atoms in total. The maximum Gasteiger partial charge on any atom is 0.205 e. The quantitative estimate of drug-likeness (QED) is 0.0289. The van der Waals surface area contributed by atoms with Gasteiger partial charge in [0.05, 0.1) is 32.0 Å². The number of hydrogen-bond acceptors (Lipinski definition) is 11. The van der Waals surface area contributed by atoms with Crippen LogP contribution in [0.4, 0.5) is 0 Å². The molecule has 0 amide bonds. The number of aromatic hydroxyl groups is 2. The lowest BCUT2D eigenvalue weighted by molar-refractivity contribution is -0.213. The molecule has 0 aromatic heterocycles. The van der Waals surface area contributed by atoms with Gasteiger partial charge < -0.3 is 52.8 Å². The second-order valence-electron chi connectivity index (χ2n) is 38.1. The molecule has 7 fully saturated rings. The van der Waals surface area contributed by atoms with E-state index in [9.17, 15) is 0 Å². The van der Waals surface area contributed by atoms with Crippen LogP contribution in [0.2, 0.25) is 0 Å². The lowest BCUT2D eigenvalue weighted by Crippen LogP contribution is -2.54. The summed E-state index contributed by atoms with van der Waals surface area (Å²) in [6.07, 6.45) is 35.8. The molecule has 11 heteroatoms. The second kappa shape index (κ2) is 53.2. The Kier molecular flexibility index (Phi) is 44.7. The number of ether oxygens (including phenoxy) is 9. The molecule has 119 heavy (non-hydrogen) atoms. The number of phenols is 2. The SMILES string of the molecule is CCC(C)c1ccc(O)cc1.CCC(C)c1ccc(O)cc1.CCC(C)c1ccc(OC(OC2CCCCC2)C(C)(C)C)cc1.CCC(C)c1ccc(OC(OCCOC2CCCCC2)C(C)C)cc1.CCCOC(Oc1ccc(C(C)CC)cc1)C(C)C1CCCCC1.CCOC(Oc1ccc(C(C)CC)cc1)C12CC3CC(CC(C3)C1)C2.